The molecule has 7 heteroatoms. The van der Waals surface area contributed by atoms with Crippen molar-refractivity contribution in [2.24, 2.45) is 0 Å². The lowest BCUT2D eigenvalue weighted by Gasteiger charge is -2.29. The van der Waals surface area contributed by atoms with Gasteiger partial charge in [-0.2, -0.15) is 13.2 Å². The summed E-state index contributed by atoms with van der Waals surface area (Å²) in [7, 11) is 0. The van der Waals surface area contributed by atoms with Gasteiger partial charge in [0.1, 0.15) is 0 Å². The maximum absolute atomic E-state index is 13.0. The van der Waals surface area contributed by atoms with E-state index in [1.807, 2.05) is 0 Å². The van der Waals surface area contributed by atoms with Gasteiger partial charge < -0.3 is 0 Å². The van der Waals surface area contributed by atoms with Gasteiger partial charge in [-0.25, -0.2) is 4.39 Å². The summed E-state index contributed by atoms with van der Waals surface area (Å²) in [4.78, 5) is 10.7. The van der Waals surface area contributed by atoms with E-state index in [9.17, 15) is 22.4 Å². The average Bonchev–Trinajstić information content (AvgIpc) is 2.25. The minimum absolute atomic E-state index is 0.0521. The highest BCUT2D eigenvalue weighted by molar-refractivity contribution is 8.42. The van der Waals surface area contributed by atoms with E-state index in [1.54, 1.807) is 0 Å². The fraction of sp³-hybridized carbons (Fsp3) is 0.833. The predicted octanol–water partition coefficient (Wildman–Crippen LogP) is 3.59. The summed E-state index contributed by atoms with van der Waals surface area (Å²) in [6, 6.07) is 0. The highest BCUT2D eigenvalue weighted by Crippen LogP contribution is 2.57. The van der Waals surface area contributed by atoms with E-state index in [0.29, 0.717) is 0 Å². The van der Waals surface area contributed by atoms with Crippen LogP contribution in [-0.2, 0) is 0 Å². The average molecular weight is 234 g/mol. The molecule has 0 N–H and O–H groups in total. The molecule has 1 rings (SSSR count). The molecule has 1 aliphatic heterocycles. The van der Waals surface area contributed by atoms with Gasteiger partial charge >= 0.3 is 6.18 Å². The second-order valence-corrected chi connectivity index (χ2v) is 5.11. The van der Waals surface area contributed by atoms with Crippen molar-refractivity contribution in [3.05, 3.63) is 0 Å². The molecule has 0 bridgehead atoms. The topological polar surface area (TPSA) is 17.1 Å². The number of carbonyl (C=O) groups is 1. The number of alkyl halides is 4. The fourth-order valence-corrected chi connectivity index (χ4v) is 3.51. The largest absolute Gasteiger partial charge is 0.407 e. The lowest BCUT2D eigenvalue weighted by molar-refractivity contribution is -0.166. The van der Waals surface area contributed by atoms with Crippen LogP contribution in [0, 0.1) is 0 Å². The molecule has 0 aliphatic carbocycles. The Balaban J connectivity index is 3.00. The normalized spacial score (nSPS) is 35.5. The Kier molecular flexibility index (Phi) is 2.87. The van der Waals surface area contributed by atoms with Crippen molar-refractivity contribution >= 4 is 28.0 Å². The Morgan fingerprint density at radius 3 is 2.23 bits per heavy atom. The molecular weight excluding hydrogens is 228 g/mol. The summed E-state index contributed by atoms with van der Waals surface area (Å²) >= 11 is 0.168. The van der Waals surface area contributed by atoms with Crippen LogP contribution in [0.2, 0.25) is 0 Å². The van der Waals surface area contributed by atoms with E-state index in [0.717, 1.165) is 0 Å². The molecule has 0 aromatic carbocycles. The molecule has 76 valence electrons. The highest BCUT2D eigenvalue weighted by Gasteiger charge is 2.65. The zero-order valence-electron chi connectivity index (χ0n) is 6.52. The van der Waals surface area contributed by atoms with Crippen LogP contribution in [0.4, 0.5) is 22.4 Å². The lowest BCUT2D eigenvalue weighted by Crippen LogP contribution is -2.45. The first-order chi connectivity index (χ1) is 5.83. The van der Waals surface area contributed by atoms with Gasteiger partial charge in [-0.15, -0.1) is 0 Å². The third kappa shape index (κ3) is 1.68. The van der Waals surface area contributed by atoms with Gasteiger partial charge in [0, 0.05) is 0 Å². The SMILES string of the molecule is CCC1(C(F)(F)F)SC(=O)SC1F. The second kappa shape index (κ2) is 3.34. The van der Waals surface area contributed by atoms with Crippen molar-refractivity contribution in [3.63, 3.8) is 0 Å². The van der Waals surface area contributed by atoms with Gasteiger partial charge in [-0.3, -0.25) is 4.79 Å². The molecule has 1 nitrogen and oxygen atoms in total. The molecule has 0 aromatic rings. The van der Waals surface area contributed by atoms with E-state index < -0.39 is 27.3 Å². The summed E-state index contributed by atoms with van der Waals surface area (Å²) in [5.74, 6) is 0. The van der Waals surface area contributed by atoms with Crippen LogP contribution in [0.25, 0.3) is 0 Å². The smallest absolute Gasteiger partial charge is 0.274 e. The van der Waals surface area contributed by atoms with Gasteiger partial charge in [0.05, 0.1) is 0 Å². The summed E-state index contributed by atoms with van der Waals surface area (Å²) in [6.07, 6.45) is -5.11. The van der Waals surface area contributed by atoms with Gasteiger partial charge in [0.15, 0.2) is 10.3 Å². The number of thioether (sulfide) groups is 2. The predicted molar refractivity (Wildman–Crippen MR) is 44.6 cm³/mol. The fourth-order valence-electron chi connectivity index (χ4n) is 1.02. The summed E-state index contributed by atoms with van der Waals surface area (Å²) in [5, 5.41) is 0. The Bertz CT molecular complexity index is 229. The minimum Gasteiger partial charge on any atom is -0.274 e. The van der Waals surface area contributed by atoms with E-state index in [4.69, 9.17) is 0 Å². The number of carbonyl (C=O) groups excluding carboxylic acids is 1. The van der Waals surface area contributed by atoms with Crippen LogP contribution in [0.5, 0.6) is 0 Å². The first kappa shape index (κ1) is 11.2. The molecule has 2 unspecified atom stereocenters. The van der Waals surface area contributed by atoms with Crippen molar-refractivity contribution < 1.29 is 22.4 Å². The Morgan fingerprint density at radius 2 is 2.08 bits per heavy atom. The van der Waals surface area contributed by atoms with E-state index in [-0.39, 0.29) is 23.5 Å². The first-order valence-corrected chi connectivity index (χ1v) is 5.13. The van der Waals surface area contributed by atoms with E-state index in [1.165, 1.54) is 6.92 Å². The monoisotopic (exact) mass is 234 g/mol. The van der Waals surface area contributed by atoms with Crippen molar-refractivity contribution in [2.45, 2.75) is 29.8 Å². The van der Waals surface area contributed by atoms with Gasteiger partial charge in [0.25, 0.3) is 0 Å². The number of hydrogen-bond acceptors (Lipinski definition) is 3. The summed E-state index contributed by atoms with van der Waals surface area (Å²) in [5.41, 5.74) is -2.19. The van der Waals surface area contributed by atoms with Crippen LogP contribution in [0.1, 0.15) is 13.3 Å². The molecule has 1 heterocycles. The molecule has 13 heavy (non-hydrogen) atoms. The van der Waals surface area contributed by atoms with E-state index in [2.05, 4.69) is 0 Å². The molecule has 1 aliphatic rings. The zero-order valence-corrected chi connectivity index (χ0v) is 8.15. The van der Waals surface area contributed by atoms with Crippen molar-refractivity contribution in [3.8, 4) is 0 Å². The molecule has 0 spiro atoms. The van der Waals surface area contributed by atoms with Crippen LogP contribution in [0.15, 0.2) is 0 Å². The van der Waals surface area contributed by atoms with Gasteiger partial charge in [0.2, 0.25) is 4.45 Å². The number of rotatable bonds is 1. The maximum Gasteiger partial charge on any atom is 0.407 e. The van der Waals surface area contributed by atoms with E-state index >= 15 is 0 Å². The van der Waals surface area contributed by atoms with Crippen molar-refractivity contribution in [1.29, 1.82) is 0 Å². The highest BCUT2D eigenvalue weighted by atomic mass is 32.2. The number of halogens is 4. The van der Waals surface area contributed by atoms with Crippen molar-refractivity contribution in [2.75, 3.05) is 0 Å². The van der Waals surface area contributed by atoms with Crippen LogP contribution in [0.3, 0.4) is 0 Å². The molecule has 1 fully saturated rings. The van der Waals surface area contributed by atoms with Crippen LogP contribution >= 0.6 is 23.5 Å². The Hall–Kier alpha value is 0.0900. The molecule has 1 saturated heterocycles. The quantitative estimate of drug-likeness (QED) is 0.645. The molecule has 0 radical (unpaired) electrons. The summed E-state index contributed by atoms with van der Waals surface area (Å²) in [6.45, 7) is 1.23. The Morgan fingerprint density at radius 1 is 1.54 bits per heavy atom. The van der Waals surface area contributed by atoms with Crippen molar-refractivity contribution in [1.82, 2.24) is 0 Å². The minimum atomic E-state index is -4.68. The maximum atomic E-state index is 13.0. The lowest BCUT2D eigenvalue weighted by atomic mass is 10.1. The molecule has 2 atom stereocenters. The first-order valence-electron chi connectivity index (χ1n) is 3.44. The second-order valence-electron chi connectivity index (χ2n) is 2.53. The molecule has 0 aromatic heterocycles. The third-order valence-corrected chi connectivity index (χ3v) is 4.58. The standard InChI is InChI=1S/C6H6F4OS2/c1-2-5(6(8,9)10)3(7)12-4(11)13-5/h3H,2H2,1H3. The zero-order chi connectivity index (χ0) is 10.3. The molecule has 0 saturated carbocycles. The van der Waals surface area contributed by atoms with Crippen LogP contribution < -0.4 is 0 Å². The Labute approximate surface area is 80.6 Å². The summed E-state index contributed by atoms with van der Waals surface area (Å²) < 4.78 is 46.9. The third-order valence-electron chi connectivity index (χ3n) is 1.84. The van der Waals surface area contributed by atoms with Crippen LogP contribution in [-0.4, -0.2) is 20.9 Å². The molecular formula is C6H6F4OS2. The molecule has 0 amide bonds. The number of hydrogen-bond donors (Lipinski definition) is 0. The van der Waals surface area contributed by atoms with Gasteiger partial charge in [-0.05, 0) is 18.2 Å². The van der Waals surface area contributed by atoms with Gasteiger partial charge in [-0.1, -0.05) is 18.7 Å².